The molecule has 2 amide bonds. The SMILES string of the molecule is COc1ccc(NC(=O)c2ccc(NC(=O)CCCC(=O)[O-])cc2)c(OC)c1. The lowest BCUT2D eigenvalue weighted by Gasteiger charge is -2.12. The topological polar surface area (TPSA) is 117 Å². The predicted octanol–water partition coefficient (Wildman–Crippen LogP) is 1.81. The quantitative estimate of drug-likeness (QED) is 0.680. The Morgan fingerprint density at radius 2 is 1.64 bits per heavy atom. The number of amides is 2. The molecule has 0 aromatic heterocycles. The maximum Gasteiger partial charge on any atom is 0.255 e. The molecule has 0 atom stereocenters. The minimum Gasteiger partial charge on any atom is -0.550 e. The zero-order valence-electron chi connectivity index (χ0n) is 15.6. The number of carboxylic acids is 1. The highest BCUT2D eigenvalue weighted by Gasteiger charge is 2.11. The van der Waals surface area contributed by atoms with Crippen molar-refractivity contribution in [3.63, 3.8) is 0 Å². The van der Waals surface area contributed by atoms with Gasteiger partial charge in [0.2, 0.25) is 5.91 Å². The molecule has 0 aliphatic carbocycles. The normalized spacial score (nSPS) is 10.1. The van der Waals surface area contributed by atoms with Gasteiger partial charge in [-0.3, -0.25) is 9.59 Å². The lowest BCUT2D eigenvalue weighted by molar-refractivity contribution is -0.305. The first-order valence-corrected chi connectivity index (χ1v) is 8.56. The molecule has 0 radical (unpaired) electrons. The average molecular weight is 385 g/mol. The number of nitrogens with one attached hydrogen (secondary N) is 2. The van der Waals surface area contributed by atoms with E-state index in [1.807, 2.05) is 0 Å². The molecule has 0 fully saturated rings. The maximum atomic E-state index is 12.4. The molecule has 2 aromatic carbocycles. The second kappa shape index (κ2) is 9.96. The Kier molecular flexibility index (Phi) is 7.38. The number of aliphatic carboxylic acids is 1. The van der Waals surface area contributed by atoms with E-state index in [-0.39, 0.29) is 31.1 Å². The smallest absolute Gasteiger partial charge is 0.255 e. The third-order valence-corrected chi connectivity index (χ3v) is 3.87. The molecule has 0 saturated heterocycles. The molecule has 0 saturated carbocycles. The molecule has 148 valence electrons. The molecule has 0 bridgehead atoms. The molecule has 2 rings (SSSR count). The van der Waals surface area contributed by atoms with Crippen LogP contribution in [0, 0.1) is 0 Å². The van der Waals surface area contributed by atoms with Gasteiger partial charge in [0.15, 0.2) is 0 Å². The van der Waals surface area contributed by atoms with Crippen molar-refractivity contribution < 1.29 is 29.0 Å². The Hall–Kier alpha value is -3.55. The van der Waals surface area contributed by atoms with E-state index in [9.17, 15) is 19.5 Å². The Morgan fingerprint density at radius 3 is 2.25 bits per heavy atom. The van der Waals surface area contributed by atoms with Crippen molar-refractivity contribution in [1.29, 1.82) is 0 Å². The highest BCUT2D eigenvalue weighted by atomic mass is 16.5. The van der Waals surface area contributed by atoms with Gasteiger partial charge in [0.1, 0.15) is 11.5 Å². The lowest BCUT2D eigenvalue weighted by Crippen LogP contribution is -2.22. The number of benzene rings is 2. The van der Waals surface area contributed by atoms with E-state index >= 15 is 0 Å². The van der Waals surface area contributed by atoms with Gasteiger partial charge in [-0.1, -0.05) is 0 Å². The summed E-state index contributed by atoms with van der Waals surface area (Å²) in [6.45, 7) is 0. The van der Waals surface area contributed by atoms with Gasteiger partial charge in [-0.15, -0.1) is 0 Å². The zero-order valence-corrected chi connectivity index (χ0v) is 15.6. The third kappa shape index (κ3) is 6.01. The highest BCUT2D eigenvalue weighted by Crippen LogP contribution is 2.29. The standard InChI is InChI=1S/C20H22N2O6/c1-27-15-10-11-16(17(12-15)28-2)22-20(26)13-6-8-14(9-7-13)21-18(23)4-3-5-19(24)25/h6-12H,3-5H2,1-2H3,(H,21,23)(H,22,26)(H,24,25)/p-1. The number of methoxy groups -OCH3 is 2. The fourth-order valence-electron chi connectivity index (χ4n) is 2.42. The summed E-state index contributed by atoms with van der Waals surface area (Å²) in [5.41, 5.74) is 1.41. The van der Waals surface area contributed by atoms with Gasteiger partial charge in [-0.25, -0.2) is 0 Å². The first-order valence-electron chi connectivity index (χ1n) is 8.56. The average Bonchev–Trinajstić information content (AvgIpc) is 2.68. The van der Waals surface area contributed by atoms with Gasteiger partial charge >= 0.3 is 0 Å². The number of rotatable bonds is 9. The second-order valence-corrected chi connectivity index (χ2v) is 5.87. The molecule has 0 spiro atoms. The van der Waals surface area contributed by atoms with E-state index in [4.69, 9.17) is 9.47 Å². The Morgan fingerprint density at radius 1 is 0.929 bits per heavy atom. The van der Waals surface area contributed by atoms with Crippen LogP contribution in [0.4, 0.5) is 11.4 Å². The second-order valence-electron chi connectivity index (χ2n) is 5.87. The molecular formula is C20H21N2O6-. The molecule has 28 heavy (non-hydrogen) atoms. The van der Waals surface area contributed by atoms with Crippen molar-refractivity contribution in [2.75, 3.05) is 24.9 Å². The maximum absolute atomic E-state index is 12.4. The molecule has 2 N–H and O–H groups in total. The minimum absolute atomic E-state index is 0.0769. The molecular weight excluding hydrogens is 364 g/mol. The van der Waals surface area contributed by atoms with Gasteiger partial charge in [0, 0.05) is 29.7 Å². The van der Waals surface area contributed by atoms with Gasteiger partial charge in [0.05, 0.1) is 19.9 Å². The first-order chi connectivity index (χ1) is 13.4. The van der Waals surface area contributed by atoms with Crippen LogP contribution >= 0.6 is 0 Å². The van der Waals surface area contributed by atoms with Crippen LogP contribution in [0.1, 0.15) is 29.6 Å². The van der Waals surface area contributed by atoms with E-state index in [0.717, 1.165) is 0 Å². The summed E-state index contributed by atoms with van der Waals surface area (Å²) < 4.78 is 10.4. The number of carbonyl (C=O) groups excluding carboxylic acids is 3. The fourth-order valence-corrected chi connectivity index (χ4v) is 2.42. The third-order valence-electron chi connectivity index (χ3n) is 3.87. The van der Waals surface area contributed by atoms with E-state index < -0.39 is 5.97 Å². The number of hydrogen-bond acceptors (Lipinski definition) is 6. The van der Waals surface area contributed by atoms with Gasteiger partial charge in [-0.05, 0) is 49.2 Å². The van der Waals surface area contributed by atoms with Crippen LogP contribution in [0.2, 0.25) is 0 Å². The molecule has 2 aromatic rings. The fraction of sp³-hybridized carbons (Fsp3) is 0.250. The molecule has 8 nitrogen and oxygen atoms in total. The van der Waals surface area contributed by atoms with Crippen molar-refractivity contribution >= 4 is 29.2 Å². The first kappa shape index (κ1) is 20.8. The lowest BCUT2D eigenvalue weighted by atomic mass is 10.1. The van der Waals surface area contributed by atoms with Crippen LogP contribution in [0.25, 0.3) is 0 Å². The monoisotopic (exact) mass is 385 g/mol. The van der Waals surface area contributed by atoms with E-state index in [1.54, 1.807) is 42.5 Å². The Labute approximate surface area is 162 Å². The minimum atomic E-state index is -1.18. The summed E-state index contributed by atoms with van der Waals surface area (Å²) in [4.78, 5) is 34.5. The van der Waals surface area contributed by atoms with Gasteiger partial charge < -0.3 is 30.0 Å². The van der Waals surface area contributed by atoms with Crippen LogP contribution in [-0.4, -0.2) is 32.0 Å². The number of anilines is 2. The Bertz CT molecular complexity index is 848. The van der Waals surface area contributed by atoms with Crippen LogP contribution in [0.15, 0.2) is 42.5 Å². The van der Waals surface area contributed by atoms with Gasteiger partial charge in [0.25, 0.3) is 5.91 Å². The molecule has 0 aliphatic rings. The molecule has 0 aliphatic heterocycles. The molecule has 0 unspecified atom stereocenters. The number of carboxylic acid groups (broad SMARTS) is 1. The summed E-state index contributed by atoms with van der Waals surface area (Å²) in [6, 6.07) is 11.4. The molecule has 8 heteroatoms. The van der Waals surface area contributed by atoms with Crippen molar-refractivity contribution in [3.8, 4) is 11.5 Å². The number of carbonyl (C=O) groups is 3. The highest BCUT2D eigenvalue weighted by molar-refractivity contribution is 6.05. The summed E-state index contributed by atoms with van der Waals surface area (Å²) in [6.07, 6.45) is 0.118. The summed E-state index contributed by atoms with van der Waals surface area (Å²) in [5, 5.41) is 15.8. The predicted molar refractivity (Wildman–Crippen MR) is 101 cm³/mol. The van der Waals surface area contributed by atoms with E-state index in [0.29, 0.717) is 28.4 Å². The van der Waals surface area contributed by atoms with E-state index in [1.165, 1.54) is 14.2 Å². The van der Waals surface area contributed by atoms with Crippen molar-refractivity contribution in [1.82, 2.24) is 0 Å². The van der Waals surface area contributed by atoms with E-state index in [2.05, 4.69) is 10.6 Å². The summed E-state index contributed by atoms with van der Waals surface area (Å²) >= 11 is 0. The largest absolute Gasteiger partial charge is 0.550 e. The van der Waals surface area contributed by atoms with Crippen LogP contribution in [0.3, 0.4) is 0 Å². The summed E-state index contributed by atoms with van der Waals surface area (Å²) in [5.74, 6) is -0.754. The van der Waals surface area contributed by atoms with Crippen LogP contribution in [0.5, 0.6) is 11.5 Å². The molecule has 0 heterocycles. The summed E-state index contributed by atoms with van der Waals surface area (Å²) in [7, 11) is 3.03. The van der Waals surface area contributed by atoms with Crippen LogP contribution < -0.4 is 25.2 Å². The van der Waals surface area contributed by atoms with Crippen molar-refractivity contribution in [2.45, 2.75) is 19.3 Å². The number of ether oxygens (including phenoxy) is 2. The van der Waals surface area contributed by atoms with Gasteiger partial charge in [-0.2, -0.15) is 0 Å². The zero-order chi connectivity index (χ0) is 20.5. The Balaban J connectivity index is 1.96. The van der Waals surface area contributed by atoms with Crippen LogP contribution in [-0.2, 0) is 9.59 Å². The number of hydrogen-bond donors (Lipinski definition) is 2. The van der Waals surface area contributed by atoms with Crippen molar-refractivity contribution in [3.05, 3.63) is 48.0 Å². The van der Waals surface area contributed by atoms with Crippen molar-refractivity contribution in [2.24, 2.45) is 0 Å².